The minimum Gasteiger partial charge on any atom is -0.507 e. The molecule has 0 unspecified atom stereocenters. The summed E-state index contributed by atoms with van der Waals surface area (Å²) in [7, 11) is 1.79. The molecular formula is C24H22N2O4. The van der Waals surface area contributed by atoms with Gasteiger partial charge in [0.1, 0.15) is 11.3 Å². The van der Waals surface area contributed by atoms with E-state index >= 15 is 0 Å². The van der Waals surface area contributed by atoms with Crippen LogP contribution in [0.5, 0.6) is 5.75 Å². The Morgan fingerprint density at radius 1 is 1.03 bits per heavy atom. The summed E-state index contributed by atoms with van der Waals surface area (Å²) in [6.45, 7) is 0. The Morgan fingerprint density at radius 3 is 2.43 bits per heavy atom. The predicted octanol–water partition coefficient (Wildman–Crippen LogP) is 3.70. The lowest BCUT2D eigenvalue weighted by Gasteiger charge is -2.34. The number of carbonyl (C=O) groups excluding carboxylic acids is 1. The van der Waals surface area contributed by atoms with E-state index < -0.39 is 17.4 Å². The molecule has 3 aromatic carbocycles. The van der Waals surface area contributed by atoms with Gasteiger partial charge >= 0.3 is 5.97 Å². The number of amides is 1. The Balaban J connectivity index is 1.61. The topological polar surface area (TPSA) is 89.9 Å². The molecule has 0 spiro atoms. The number of hydrogen-bond acceptors (Lipinski definition) is 4. The Hall–Kier alpha value is -3.80. The highest BCUT2D eigenvalue weighted by atomic mass is 16.4. The first kappa shape index (κ1) is 19.5. The number of likely N-dealkylation sites (N-methyl/N-ethyl adjacent to an activating group) is 1. The molecule has 0 radical (unpaired) electrons. The highest BCUT2D eigenvalue weighted by Crippen LogP contribution is 2.41. The molecular weight excluding hydrogens is 380 g/mol. The molecule has 1 atom stereocenters. The molecule has 0 fully saturated rings. The molecule has 1 aliphatic heterocycles. The number of anilines is 2. The van der Waals surface area contributed by atoms with Crippen molar-refractivity contribution in [1.82, 2.24) is 0 Å². The van der Waals surface area contributed by atoms with Gasteiger partial charge < -0.3 is 20.4 Å². The Kier molecular flexibility index (Phi) is 4.91. The van der Waals surface area contributed by atoms with Crippen LogP contribution >= 0.6 is 0 Å². The van der Waals surface area contributed by atoms with E-state index in [2.05, 4.69) is 5.32 Å². The van der Waals surface area contributed by atoms with Crippen molar-refractivity contribution in [3.63, 3.8) is 0 Å². The van der Waals surface area contributed by atoms with Crippen molar-refractivity contribution in [1.29, 1.82) is 0 Å². The first-order valence-corrected chi connectivity index (χ1v) is 9.64. The third kappa shape index (κ3) is 3.37. The van der Waals surface area contributed by atoms with Crippen LogP contribution < -0.4 is 10.2 Å². The fraction of sp³-hybridized carbons (Fsp3) is 0.167. The molecule has 1 amide bonds. The van der Waals surface area contributed by atoms with E-state index in [4.69, 9.17) is 0 Å². The van der Waals surface area contributed by atoms with Crippen LogP contribution in [-0.2, 0) is 17.6 Å². The minimum absolute atomic E-state index is 0.0938. The van der Waals surface area contributed by atoms with Crippen LogP contribution in [0.2, 0.25) is 0 Å². The average Bonchev–Trinajstić information content (AvgIpc) is 3.01. The van der Waals surface area contributed by atoms with Crippen LogP contribution in [0.15, 0.2) is 72.8 Å². The average molecular weight is 402 g/mol. The number of phenols is 1. The molecule has 4 rings (SSSR count). The summed E-state index contributed by atoms with van der Waals surface area (Å²) in [6, 6.07) is 21.3. The minimum atomic E-state index is -1.09. The number of rotatable bonds is 5. The van der Waals surface area contributed by atoms with Gasteiger partial charge in [0.2, 0.25) is 0 Å². The number of fused-ring (bicyclic) bond motifs is 1. The van der Waals surface area contributed by atoms with E-state index in [1.54, 1.807) is 37.4 Å². The number of benzene rings is 3. The number of phenolic OH excluding ortho intramolecular Hbond substituents is 1. The number of aromatic hydroxyl groups is 1. The summed E-state index contributed by atoms with van der Waals surface area (Å²) in [6.07, 6.45) is 0.692. The van der Waals surface area contributed by atoms with Crippen LogP contribution in [0.4, 0.5) is 11.4 Å². The number of nitrogens with one attached hydrogen (secondary N) is 1. The van der Waals surface area contributed by atoms with Crippen LogP contribution in [0.25, 0.3) is 0 Å². The smallest absolute Gasteiger partial charge is 0.330 e. The van der Waals surface area contributed by atoms with Crippen molar-refractivity contribution >= 4 is 23.3 Å². The number of aliphatic carboxylic acids is 1. The predicted molar refractivity (Wildman–Crippen MR) is 115 cm³/mol. The van der Waals surface area contributed by atoms with E-state index in [0.717, 1.165) is 16.8 Å². The highest BCUT2D eigenvalue weighted by molar-refractivity contribution is 6.06. The second-order valence-corrected chi connectivity index (χ2v) is 7.55. The first-order chi connectivity index (χ1) is 14.4. The second-order valence-electron chi connectivity index (χ2n) is 7.55. The summed E-state index contributed by atoms with van der Waals surface area (Å²) in [4.78, 5) is 26.7. The molecule has 0 aliphatic carbocycles. The number of carboxylic acids is 1. The maximum atomic E-state index is 12.5. The van der Waals surface area contributed by atoms with Gasteiger partial charge in [0.15, 0.2) is 0 Å². The summed E-state index contributed by atoms with van der Waals surface area (Å²) < 4.78 is 0. The lowest BCUT2D eigenvalue weighted by atomic mass is 9.87. The summed E-state index contributed by atoms with van der Waals surface area (Å²) in [5, 5.41) is 22.8. The standard InChI is InChI=1S/C24H22N2O4/c1-26-20-12-11-18(25-22(28)19-9-5-6-10-21(19)27)13-17(20)15-24(26,23(29)30)14-16-7-3-2-4-8-16/h2-13,27H,14-15H2,1H3,(H,25,28)(H,29,30)/t24-/m0/s1. The molecule has 152 valence electrons. The number of carbonyl (C=O) groups is 2. The zero-order chi connectivity index (χ0) is 21.3. The fourth-order valence-corrected chi connectivity index (χ4v) is 4.07. The normalized spacial score (nSPS) is 17.4. The maximum absolute atomic E-state index is 12.5. The SMILES string of the molecule is CN1c2ccc(NC(=O)c3ccccc3O)cc2C[C@@]1(Cc1ccccc1)C(=O)O. The summed E-state index contributed by atoms with van der Waals surface area (Å²) >= 11 is 0. The molecule has 6 heteroatoms. The van der Waals surface area contributed by atoms with Crippen LogP contribution in [0.1, 0.15) is 21.5 Å². The molecule has 3 aromatic rings. The molecule has 0 aromatic heterocycles. The molecule has 1 aliphatic rings. The van der Waals surface area contributed by atoms with Crippen molar-refractivity contribution in [3.05, 3.63) is 89.5 Å². The molecule has 0 saturated heterocycles. The van der Waals surface area contributed by atoms with Gasteiger partial charge in [-0.2, -0.15) is 0 Å². The second kappa shape index (κ2) is 7.55. The zero-order valence-corrected chi connectivity index (χ0v) is 16.5. The van der Waals surface area contributed by atoms with Crippen molar-refractivity contribution in [2.75, 3.05) is 17.3 Å². The Bertz CT molecular complexity index is 1110. The van der Waals surface area contributed by atoms with Crippen LogP contribution in [0, 0.1) is 0 Å². The molecule has 1 heterocycles. The van der Waals surface area contributed by atoms with Gasteiger partial charge in [-0.05, 0) is 41.5 Å². The third-order valence-electron chi connectivity index (χ3n) is 5.71. The van der Waals surface area contributed by atoms with Crippen molar-refractivity contribution in [2.24, 2.45) is 0 Å². The van der Waals surface area contributed by atoms with Gasteiger partial charge in [0.25, 0.3) is 5.91 Å². The van der Waals surface area contributed by atoms with Crippen molar-refractivity contribution < 1.29 is 19.8 Å². The van der Waals surface area contributed by atoms with Crippen molar-refractivity contribution in [2.45, 2.75) is 18.4 Å². The van der Waals surface area contributed by atoms with Crippen molar-refractivity contribution in [3.8, 4) is 5.75 Å². The quantitative estimate of drug-likeness (QED) is 0.605. The summed E-state index contributed by atoms with van der Waals surface area (Å²) in [5.74, 6) is -1.40. The van der Waals surface area contributed by atoms with E-state index in [1.165, 1.54) is 6.07 Å². The zero-order valence-electron chi connectivity index (χ0n) is 16.5. The monoisotopic (exact) mass is 402 g/mol. The third-order valence-corrected chi connectivity index (χ3v) is 5.71. The van der Waals surface area contributed by atoms with E-state index in [-0.39, 0.29) is 11.3 Å². The van der Waals surface area contributed by atoms with Gasteiger partial charge in [-0.15, -0.1) is 0 Å². The van der Waals surface area contributed by atoms with Gasteiger partial charge in [-0.3, -0.25) is 4.79 Å². The fourth-order valence-electron chi connectivity index (χ4n) is 4.07. The van der Waals surface area contributed by atoms with E-state index in [0.29, 0.717) is 18.5 Å². The molecule has 30 heavy (non-hydrogen) atoms. The number of hydrogen-bond donors (Lipinski definition) is 3. The highest BCUT2D eigenvalue weighted by Gasteiger charge is 2.48. The summed E-state index contributed by atoms with van der Waals surface area (Å²) in [5.41, 5.74) is 2.27. The Morgan fingerprint density at radius 2 is 1.73 bits per heavy atom. The number of carboxylic acid groups (broad SMARTS) is 1. The van der Waals surface area contributed by atoms with E-state index in [1.807, 2.05) is 41.3 Å². The lowest BCUT2D eigenvalue weighted by molar-refractivity contribution is -0.143. The number of para-hydroxylation sites is 1. The van der Waals surface area contributed by atoms with Crippen LogP contribution in [-0.4, -0.2) is 34.7 Å². The molecule has 6 nitrogen and oxygen atoms in total. The van der Waals surface area contributed by atoms with Crippen LogP contribution in [0.3, 0.4) is 0 Å². The van der Waals surface area contributed by atoms with E-state index in [9.17, 15) is 19.8 Å². The molecule has 3 N–H and O–H groups in total. The maximum Gasteiger partial charge on any atom is 0.330 e. The van der Waals surface area contributed by atoms with Gasteiger partial charge in [-0.1, -0.05) is 42.5 Å². The first-order valence-electron chi connectivity index (χ1n) is 9.64. The van der Waals surface area contributed by atoms with Gasteiger partial charge in [0.05, 0.1) is 5.56 Å². The largest absolute Gasteiger partial charge is 0.507 e. The molecule has 0 saturated carbocycles. The number of nitrogens with zero attached hydrogens (tertiary/aromatic N) is 1. The lowest BCUT2D eigenvalue weighted by Crippen LogP contribution is -2.53. The van der Waals surface area contributed by atoms with Gasteiger partial charge in [-0.25, -0.2) is 4.79 Å². The molecule has 0 bridgehead atoms. The Labute approximate surface area is 174 Å². The van der Waals surface area contributed by atoms with Gasteiger partial charge in [0, 0.05) is 31.3 Å².